The maximum absolute atomic E-state index is 11.9. The quantitative estimate of drug-likeness (QED) is 0.838. The predicted octanol–water partition coefficient (Wildman–Crippen LogP) is 2.68. The molecular weight excluding hydrogens is 212 g/mol. The van der Waals surface area contributed by atoms with Gasteiger partial charge in [-0.15, -0.1) is 0 Å². The Labute approximate surface area is 104 Å². The van der Waals surface area contributed by atoms with E-state index in [4.69, 9.17) is 0 Å². The van der Waals surface area contributed by atoms with Gasteiger partial charge in [0.15, 0.2) is 0 Å². The van der Waals surface area contributed by atoms with Crippen molar-refractivity contribution in [2.45, 2.75) is 27.7 Å². The number of carbonyl (C=O) groups excluding carboxylic acids is 1. The van der Waals surface area contributed by atoms with E-state index in [0.717, 1.165) is 12.2 Å². The highest BCUT2D eigenvalue weighted by Gasteiger charge is 2.19. The second-order valence-electron chi connectivity index (χ2n) is 5.37. The van der Waals surface area contributed by atoms with Gasteiger partial charge in [-0.2, -0.15) is 0 Å². The molecule has 0 unspecified atom stereocenters. The smallest absolute Gasteiger partial charge is 0.267 e. The van der Waals surface area contributed by atoms with Crippen LogP contribution in [0.1, 0.15) is 38.2 Å². The molecule has 96 valence electrons. The van der Waals surface area contributed by atoms with Gasteiger partial charge in [0.1, 0.15) is 5.69 Å². The summed E-state index contributed by atoms with van der Waals surface area (Å²) in [7, 11) is 1.89. The number of nitrogens with zero attached hydrogens (tertiary/aromatic N) is 1. The van der Waals surface area contributed by atoms with Gasteiger partial charge in [-0.05, 0) is 29.9 Å². The summed E-state index contributed by atoms with van der Waals surface area (Å²) in [5.74, 6) is 1.72. The number of carbonyl (C=O) groups is 1. The number of hydrogen-bond acceptors (Lipinski definition) is 1. The average molecular weight is 236 g/mol. The van der Waals surface area contributed by atoms with Gasteiger partial charge in [-0.25, -0.2) is 0 Å². The fraction of sp³-hybridized carbons (Fsp3) is 0.643. The highest BCUT2D eigenvalue weighted by atomic mass is 16.1. The molecule has 1 aromatic rings. The van der Waals surface area contributed by atoms with Crippen LogP contribution >= 0.6 is 0 Å². The molecule has 3 nitrogen and oxygen atoms in total. The summed E-state index contributed by atoms with van der Waals surface area (Å²) in [6.45, 7) is 9.58. The second-order valence-corrected chi connectivity index (χ2v) is 5.37. The van der Waals surface area contributed by atoms with Crippen LogP contribution in [0.4, 0.5) is 0 Å². The highest BCUT2D eigenvalue weighted by molar-refractivity contribution is 5.92. The van der Waals surface area contributed by atoms with E-state index in [1.165, 1.54) is 0 Å². The van der Waals surface area contributed by atoms with Crippen LogP contribution in [0.15, 0.2) is 18.3 Å². The Bertz CT molecular complexity index is 358. The van der Waals surface area contributed by atoms with E-state index in [9.17, 15) is 4.79 Å². The molecule has 3 heteroatoms. The lowest BCUT2D eigenvalue weighted by Crippen LogP contribution is -2.34. The molecule has 0 saturated heterocycles. The number of aryl methyl sites for hydroxylation is 1. The van der Waals surface area contributed by atoms with Gasteiger partial charge in [0.25, 0.3) is 5.91 Å². The van der Waals surface area contributed by atoms with Crippen molar-refractivity contribution in [3.63, 3.8) is 0 Å². The third-order valence-electron chi connectivity index (χ3n) is 3.39. The summed E-state index contributed by atoms with van der Waals surface area (Å²) >= 11 is 0. The molecule has 0 fully saturated rings. The molecular formula is C14H24N2O. The summed E-state index contributed by atoms with van der Waals surface area (Å²) in [6, 6.07) is 3.73. The Morgan fingerprint density at radius 2 is 1.88 bits per heavy atom. The monoisotopic (exact) mass is 236 g/mol. The molecule has 1 N–H and O–H groups in total. The van der Waals surface area contributed by atoms with Crippen molar-refractivity contribution in [1.82, 2.24) is 9.88 Å². The van der Waals surface area contributed by atoms with Crippen LogP contribution in [0.25, 0.3) is 0 Å². The Morgan fingerprint density at radius 1 is 1.29 bits per heavy atom. The second kappa shape index (κ2) is 5.89. The molecule has 0 aliphatic carbocycles. The Kier molecular flexibility index (Phi) is 4.79. The van der Waals surface area contributed by atoms with Gasteiger partial charge >= 0.3 is 0 Å². The maximum Gasteiger partial charge on any atom is 0.267 e. The number of amides is 1. The van der Waals surface area contributed by atoms with Crippen LogP contribution in [-0.2, 0) is 7.05 Å². The van der Waals surface area contributed by atoms with E-state index in [2.05, 4.69) is 33.0 Å². The molecule has 0 aliphatic rings. The molecule has 0 spiro atoms. The lowest BCUT2D eigenvalue weighted by molar-refractivity contribution is 0.0929. The topological polar surface area (TPSA) is 34.0 Å². The minimum Gasteiger partial charge on any atom is -0.350 e. The van der Waals surface area contributed by atoms with E-state index >= 15 is 0 Å². The molecule has 0 atom stereocenters. The fourth-order valence-corrected chi connectivity index (χ4v) is 2.24. The maximum atomic E-state index is 11.9. The van der Waals surface area contributed by atoms with Gasteiger partial charge in [0, 0.05) is 19.8 Å². The van der Waals surface area contributed by atoms with Crippen molar-refractivity contribution >= 4 is 5.91 Å². The zero-order valence-corrected chi connectivity index (χ0v) is 11.5. The number of aromatic nitrogens is 1. The van der Waals surface area contributed by atoms with E-state index in [1.54, 1.807) is 0 Å². The molecule has 17 heavy (non-hydrogen) atoms. The predicted molar refractivity (Wildman–Crippen MR) is 70.9 cm³/mol. The Morgan fingerprint density at radius 3 is 2.29 bits per heavy atom. The molecule has 0 saturated carbocycles. The van der Waals surface area contributed by atoms with Crippen molar-refractivity contribution < 1.29 is 4.79 Å². The summed E-state index contributed by atoms with van der Waals surface area (Å²) in [5, 5.41) is 3.03. The van der Waals surface area contributed by atoms with E-state index in [1.807, 2.05) is 29.9 Å². The fourth-order valence-electron chi connectivity index (χ4n) is 2.24. The van der Waals surface area contributed by atoms with Crippen molar-refractivity contribution in [1.29, 1.82) is 0 Å². The third kappa shape index (κ3) is 3.62. The van der Waals surface area contributed by atoms with Crippen molar-refractivity contribution in [3.8, 4) is 0 Å². The van der Waals surface area contributed by atoms with Gasteiger partial charge in [-0.1, -0.05) is 27.7 Å². The van der Waals surface area contributed by atoms with Gasteiger partial charge in [0.05, 0.1) is 0 Å². The van der Waals surface area contributed by atoms with E-state index in [-0.39, 0.29) is 5.91 Å². The SMILES string of the molecule is CC(C)C(CNC(=O)c1cccn1C)C(C)C. The molecule has 1 amide bonds. The van der Waals surface area contributed by atoms with Crippen LogP contribution in [0.3, 0.4) is 0 Å². The number of hydrogen-bond donors (Lipinski definition) is 1. The molecule has 0 radical (unpaired) electrons. The van der Waals surface area contributed by atoms with Crippen molar-refractivity contribution in [2.24, 2.45) is 24.8 Å². The average Bonchev–Trinajstić information content (AvgIpc) is 2.63. The largest absolute Gasteiger partial charge is 0.350 e. The molecule has 0 aliphatic heterocycles. The third-order valence-corrected chi connectivity index (χ3v) is 3.39. The molecule has 1 heterocycles. The minimum absolute atomic E-state index is 0.0174. The normalized spacial score (nSPS) is 11.5. The zero-order chi connectivity index (χ0) is 13.0. The summed E-state index contributed by atoms with van der Waals surface area (Å²) in [6.07, 6.45) is 1.89. The van der Waals surface area contributed by atoms with Gasteiger partial charge < -0.3 is 9.88 Å². The van der Waals surface area contributed by atoms with Crippen LogP contribution < -0.4 is 5.32 Å². The standard InChI is InChI=1S/C14H24N2O/c1-10(2)12(11(3)4)9-15-14(17)13-7-6-8-16(13)5/h6-8,10-12H,9H2,1-5H3,(H,15,17). The molecule has 0 bridgehead atoms. The zero-order valence-electron chi connectivity index (χ0n) is 11.5. The first kappa shape index (κ1) is 13.8. The van der Waals surface area contributed by atoms with Gasteiger partial charge in [0.2, 0.25) is 0 Å². The van der Waals surface area contributed by atoms with Crippen LogP contribution in [0, 0.1) is 17.8 Å². The van der Waals surface area contributed by atoms with Crippen LogP contribution in [0.5, 0.6) is 0 Å². The first-order chi connectivity index (χ1) is 7.93. The van der Waals surface area contributed by atoms with Gasteiger partial charge in [-0.3, -0.25) is 4.79 Å². The summed E-state index contributed by atoms with van der Waals surface area (Å²) in [4.78, 5) is 11.9. The van der Waals surface area contributed by atoms with Crippen molar-refractivity contribution in [3.05, 3.63) is 24.0 Å². The Balaban J connectivity index is 2.56. The highest BCUT2D eigenvalue weighted by Crippen LogP contribution is 2.19. The summed E-state index contributed by atoms with van der Waals surface area (Å²) < 4.78 is 1.84. The number of nitrogens with one attached hydrogen (secondary N) is 1. The summed E-state index contributed by atoms with van der Waals surface area (Å²) in [5.41, 5.74) is 0.719. The first-order valence-corrected chi connectivity index (χ1v) is 6.33. The first-order valence-electron chi connectivity index (χ1n) is 6.33. The molecule has 0 aromatic carbocycles. The molecule has 1 aromatic heterocycles. The number of rotatable bonds is 5. The van der Waals surface area contributed by atoms with E-state index in [0.29, 0.717) is 17.8 Å². The molecule has 1 rings (SSSR count). The lowest BCUT2D eigenvalue weighted by atomic mass is 9.85. The van der Waals surface area contributed by atoms with Crippen LogP contribution in [-0.4, -0.2) is 17.0 Å². The Hall–Kier alpha value is -1.25. The van der Waals surface area contributed by atoms with Crippen molar-refractivity contribution in [2.75, 3.05) is 6.54 Å². The lowest BCUT2D eigenvalue weighted by Gasteiger charge is -2.25. The minimum atomic E-state index is 0.0174. The van der Waals surface area contributed by atoms with E-state index < -0.39 is 0 Å². The van der Waals surface area contributed by atoms with Crippen LogP contribution in [0.2, 0.25) is 0 Å².